The molecule has 1 aliphatic rings. The van der Waals surface area contributed by atoms with Crippen LogP contribution in [0.3, 0.4) is 0 Å². The summed E-state index contributed by atoms with van der Waals surface area (Å²) in [6.07, 6.45) is 3.01. The molecule has 1 aliphatic heterocycles. The molecule has 0 unspecified atom stereocenters. The molecule has 1 aromatic carbocycles. The second kappa shape index (κ2) is 6.74. The van der Waals surface area contributed by atoms with Crippen LogP contribution >= 0.6 is 23.1 Å². The van der Waals surface area contributed by atoms with Gasteiger partial charge in [0, 0.05) is 18.5 Å². The van der Waals surface area contributed by atoms with Crippen LogP contribution in [0.4, 0.5) is 10.1 Å². The van der Waals surface area contributed by atoms with Crippen molar-refractivity contribution in [3.8, 4) is 0 Å². The monoisotopic (exact) mass is 385 g/mol. The van der Waals surface area contributed by atoms with Gasteiger partial charge in [-0.3, -0.25) is 14.3 Å². The Morgan fingerprint density at radius 2 is 2.04 bits per heavy atom. The van der Waals surface area contributed by atoms with E-state index in [4.69, 9.17) is 0 Å². The molecule has 0 spiro atoms. The maximum atomic E-state index is 13.1. The topological polar surface area (TPSA) is 38.1 Å². The van der Waals surface area contributed by atoms with Gasteiger partial charge < -0.3 is 4.90 Å². The highest BCUT2D eigenvalue weighted by atomic mass is 32.2. The Morgan fingerprint density at radius 3 is 2.73 bits per heavy atom. The Bertz CT molecular complexity index is 1150. The van der Waals surface area contributed by atoms with Gasteiger partial charge in [0.1, 0.15) is 20.0 Å². The number of hydrogen-bond acceptors (Lipinski definition) is 5. The van der Waals surface area contributed by atoms with Gasteiger partial charge in [-0.05, 0) is 37.3 Å². The smallest absolute Gasteiger partial charge is 0.271 e. The summed E-state index contributed by atoms with van der Waals surface area (Å²) < 4.78 is 16.3. The van der Waals surface area contributed by atoms with Crippen molar-refractivity contribution in [2.75, 3.05) is 11.9 Å². The van der Waals surface area contributed by atoms with Crippen LogP contribution in [0.25, 0.3) is 11.1 Å². The lowest BCUT2D eigenvalue weighted by molar-refractivity contribution is 0.621. The Balaban J connectivity index is 1.92. The highest BCUT2D eigenvalue weighted by molar-refractivity contribution is 8.08. The molecule has 0 saturated carbocycles. The summed E-state index contributed by atoms with van der Waals surface area (Å²) in [5.74, 6) is -0.376. The van der Waals surface area contributed by atoms with E-state index < -0.39 is 0 Å². The highest BCUT2D eigenvalue weighted by Crippen LogP contribution is 2.44. The van der Waals surface area contributed by atoms with Crippen LogP contribution < -0.4 is 19.7 Å². The molecule has 2 aromatic heterocycles. The van der Waals surface area contributed by atoms with E-state index in [0.717, 1.165) is 20.3 Å². The molecular weight excluding hydrogens is 369 g/mol. The highest BCUT2D eigenvalue weighted by Gasteiger charge is 2.24. The van der Waals surface area contributed by atoms with Crippen LogP contribution in [0.15, 0.2) is 52.3 Å². The number of thiazole rings is 1. The number of hydrogen-bond donors (Lipinski definition) is 0. The van der Waals surface area contributed by atoms with Crippen LogP contribution in [0.2, 0.25) is 0 Å². The van der Waals surface area contributed by atoms with Crippen molar-refractivity contribution < 1.29 is 4.39 Å². The van der Waals surface area contributed by atoms with Crippen LogP contribution in [0.1, 0.15) is 12.6 Å². The number of rotatable bonds is 2. The summed E-state index contributed by atoms with van der Waals surface area (Å²) in [6.45, 7) is 2.51. The SMILES string of the molecule is CCn1c(=Cc2ccc(F)cn2)sc(=C2Sc3ccccc3N2C)c1=O. The first-order chi connectivity index (χ1) is 12.6. The van der Waals surface area contributed by atoms with Crippen molar-refractivity contribution in [3.05, 3.63) is 73.7 Å². The number of anilines is 1. The van der Waals surface area contributed by atoms with E-state index in [1.807, 2.05) is 32.2 Å². The average molecular weight is 385 g/mol. The van der Waals surface area contributed by atoms with Gasteiger partial charge in [0.2, 0.25) is 0 Å². The maximum Gasteiger partial charge on any atom is 0.271 e. The van der Waals surface area contributed by atoms with Crippen LogP contribution in [-0.2, 0) is 6.54 Å². The standard InChI is InChI=1S/C19H16FN3OS2/c1-3-23-16(10-13-9-8-12(20)11-21-13)26-17(18(23)24)19-22(2)14-6-4-5-7-15(14)25-19/h4-11H,3H2,1-2H3. The third-order valence-electron chi connectivity index (χ3n) is 4.18. The number of aromatic nitrogens is 2. The fraction of sp³-hybridized carbons (Fsp3) is 0.158. The fourth-order valence-electron chi connectivity index (χ4n) is 2.87. The Morgan fingerprint density at radius 1 is 1.23 bits per heavy atom. The van der Waals surface area contributed by atoms with E-state index in [1.54, 1.807) is 22.4 Å². The first-order valence-electron chi connectivity index (χ1n) is 8.16. The van der Waals surface area contributed by atoms with E-state index in [-0.39, 0.29) is 11.4 Å². The lowest BCUT2D eigenvalue weighted by Gasteiger charge is -2.11. The molecule has 132 valence electrons. The molecule has 3 aromatic rings. The van der Waals surface area contributed by atoms with Gasteiger partial charge in [0.05, 0.1) is 17.6 Å². The zero-order valence-corrected chi connectivity index (χ0v) is 15.9. The average Bonchev–Trinajstić information content (AvgIpc) is 3.14. The zero-order valence-electron chi connectivity index (χ0n) is 14.3. The molecule has 4 nitrogen and oxygen atoms in total. The number of benzene rings is 1. The molecule has 3 heterocycles. The van der Waals surface area contributed by atoms with E-state index in [0.29, 0.717) is 16.8 Å². The number of para-hydroxylation sites is 1. The van der Waals surface area contributed by atoms with Gasteiger partial charge >= 0.3 is 0 Å². The van der Waals surface area contributed by atoms with Crippen LogP contribution in [0, 0.1) is 5.82 Å². The molecule has 0 fully saturated rings. The van der Waals surface area contributed by atoms with Gasteiger partial charge in [-0.1, -0.05) is 23.9 Å². The minimum absolute atomic E-state index is 0.00646. The summed E-state index contributed by atoms with van der Waals surface area (Å²) in [6, 6.07) is 11.1. The molecule has 0 radical (unpaired) electrons. The van der Waals surface area contributed by atoms with Crippen molar-refractivity contribution in [1.29, 1.82) is 0 Å². The Labute approximate surface area is 157 Å². The zero-order chi connectivity index (χ0) is 18.3. The minimum Gasteiger partial charge on any atom is -0.337 e. The van der Waals surface area contributed by atoms with E-state index in [1.165, 1.54) is 23.6 Å². The molecule has 7 heteroatoms. The lowest BCUT2D eigenvalue weighted by atomic mass is 10.3. The molecule has 0 aliphatic carbocycles. The van der Waals surface area contributed by atoms with Crippen molar-refractivity contribution >= 4 is 39.9 Å². The molecule has 0 amide bonds. The predicted molar refractivity (Wildman–Crippen MR) is 105 cm³/mol. The van der Waals surface area contributed by atoms with E-state index in [2.05, 4.69) is 22.0 Å². The number of halogens is 1. The van der Waals surface area contributed by atoms with Gasteiger partial charge in [0.25, 0.3) is 5.56 Å². The Kier molecular flexibility index (Phi) is 4.42. The molecular formula is C19H16FN3OS2. The summed E-state index contributed by atoms with van der Waals surface area (Å²) >= 11 is 3.06. The third-order valence-corrected chi connectivity index (χ3v) is 6.67. The molecule has 0 saturated heterocycles. The number of fused-ring (bicyclic) bond motifs is 1. The second-order valence-corrected chi connectivity index (χ2v) is 7.86. The van der Waals surface area contributed by atoms with Crippen molar-refractivity contribution in [2.45, 2.75) is 18.4 Å². The van der Waals surface area contributed by atoms with Gasteiger partial charge in [-0.15, -0.1) is 11.3 Å². The van der Waals surface area contributed by atoms with Crippen LogP contribution in [0.5, 0.6) is 0 Å². The first-order valence-corrected chi connectivity index (χ1v) is 9.79. The van der Waals surface area contributed by atoms with E-state index in [9.17, 15) is 9.18 Å². The minimum atomic E-state index is -0.376. The van der Waals surface area contributed by atoms with Crippen molar-refractivity contribution in [3.63, 3.8) is 0 Å². The maximum absolute atomic E-state index is 13.1. The van der Waals surface area contributed by atoms with E-state index >= 15 is 0 Å². The molecule has 0 N–H and O–H groups in total. The fourth-order valence-corrected chi connectivity index (χ4v) is 5.33. The largest absolute Gasteiger partial charge is 0.337 e. The lowest BCUT2D eigenvalue weighted by Crippen LogP contribution is -2.33. The van der Waals surface area contributed by atoms with Gasteiger partial charge in [-0.25, -0.2) is 4.39 Å². The number of thioether (sulfide) groups is 1. The summed E-state index contributed by atoms with van der Waals surface area (Å²) in [5, 5.41) is 0.940. The number of nitrogens with zero attached hydrogens (tertiary/aromatic N) is 3. The quantitative estimate of drug-likeness (QED) is 0.680. The van der Waals surface area contributed by atoms with Crippen molar-refractivity contribution in [1.82, 2.24) is 9.55 Å². The van der Waals surface area contributed by atoms with Crippen LogP contribution in [-0.4, -0.2) is 16.6 Å². The summed E-state index contributed by atoms with van der Waals surface area (Å²) in [7, 11) is 1.98. The predicted octanol–water partition coefficient (Wildman–Crippen LogP) is 2.60. The number of pyridine rings is 1. The third kappa shape index (κ3) is 2.87. The molecule has 26 heavy (non-hydrogen) atoms. The normalized spacial score (nSPS) is 16.3. The second-order valence-electron chi connectivity index (χ2n) is 5.80. The first kappa shape index (κ1) is 17.1. The van der Waals surface area contributed by atoms with Crippen molar-refractivity contribution in [2.24, 2.45) is 0 Å². The molecule has 0 atom stereocenters. The van der Waals surface area contributed by atoms with Gasteiger partial charge in [-0.2, -0.15) is 0 Å². The molecule has 4 rings (SSSR count). The summed E-state index contributed by atoms with van der Waals surface area (Å²) in [5.41, 5.74) is 1.73. The Hall–Kier alpha value is -2.38. The molecule has 0 bridgehead atoms. The van der Waals surface area contributed by atoms with Gasteiger partial charge in [0.15, 0.2) is 0 Å². The summed E-state index contributed by atoms with van der Waals surface area (Å²) in [4.78, 5) is 20.2.